The average molecular weight is 293 g/mol. The zero-order valence-electron chi connectivity index (χ0n) is 12.8. The Morgan fingerprint density at radius 3 is 2.43 bits per heavy atom. The van der Waals surface area contributed by atoms with Crippen LogP contribution in [0.4, 0.5) is 4.39 Å². The van der Waals surface area contributed by atoms with Crippen LogP contribution in [0.5, 0.6) is 0 Å². The fourth-order valence-electron chi connectivity index (χ4n) is 2.89. The Morgan fingerprint density at radius 1 is 1.29 bits per heavy atom. The molecule has 1 aromatic carbocycles. The van der Waals surface area contributed by atoms with Gasteiger partial charge in [0.25, 0.3) is 0 Å². The number of hydrogen-bond donors (Lipinski definition) is 2. The van der Waals surface area contributed by atoms with Crippen molar-refractivity contribution < 1.29 is 14.3 Å². The summed E-state index contributed by atoms with van der Waals surface area (Å²) >= 11 is 0. The van der Waals surface area contributed by atoms with Crippen molar-refractivity contribution in [2.45, 2.75) is 57.0 Å². The van der Waals surface area contributed by atoms with Gasteiger partial charge in [0.15, 0.2) is 0 Å². The van der Waals surface area contributed by atoms with E-state index in [1.807, 2.05) is 13.8 Å². The standard InChI is InChI=1S/C17H24FNO2/c1-16(2,13-5-7-14(18)8-6-13)12-19-15(20)11-17(21)9-3-4-10-17/h5-8,21H,3-4,9-12H2,1-2H3,(H,19,20). The van der Waals surface area contributed by atoms with Crippen LogP contribution in [-0.2, 0) is 10.2 Å². The highest BCUT2D eigenvalue weighted by atomic mass is 19.1. The van der Waals surface area contributed by atoms with E-state index < -0.39 is 5.60 Å². The summed E-state index contributed by atoms with van der Waals surface area (Å²) in [6, 6.07) is 6.35. The lowest BCUT2D eigenvalue weighted by atomic mass is 9.84. The molecule has 2 N–H and O–H groups in total. The Hall–Kier alpha value is -1.42. The van der Waals surface area contributed by atoms with Crippen LogP contribution in [0.25, 0.3) is 0 Å². The summed E-state index contributed by atoms with van der Waals surface area (Å²) in [5.41, 5.74) is -0.116. The maximum Gasteiger partial charge on any atom is 0.222 e. The SMILES string of the molecule is CC(C)(CNC(=O)CC1(O)CCCC1)c1ccc(F)cc1. The number of nitrogens with one attached hydrogen (secondary N) is 1. The van der Waals surface area contributed by atoms with E-state index in [-0.39, 0.29) is 23.6 Å². The average Bonchev–Trinajstić information content (AvgIpc) is 2.83. The molecule has 1 amide bonds. The number of carbonyl (C=O) groups is 1. The molecule has 0 atom stereocenters. The normalized spacial score (nSPS) is 17.7. The molecule has 2 rings (SSSR count). The number of rotatable bonds is 5. The number of hydrogen-bond acceptors (Lipinski definition) is 2. The van der Waals surface area contributed by atoms with Crippen LogP contribution in [-0.4, -0.2) is 23.2 Å². The number of carbonyl (C=O) groups excluding carboxylic acids is 1. The molecule has 1 aliphatic rings. The molecule has 0 spiro atoms. The molecule has 0 aliphatic heterocycles. The molecule has 3 nitrogen and oxygen atoms in total. The van der Waals surface area contributed by atoms with E-state index in [2.05, 4.69) is 5.32 Å². The number of benzene rings is 1. The van der Waals surface area contributed by atoms with Crippen molar-refractivity contribution in [1.82, 2.24) is 5.32 Å². The summed E-state index contributed by atoms with van der Waals surface area (Å²) in [6.07, 6.45) is 3.58. The molecule has 0 unspecified atom stereocenters. The second-order valence-corrected chi connectivity index (χ2v) is 6.78. The van der Waals surface area contributed by atoms with E-state index in [0.29, 0.717) is 19.4 Å². The molecule has 4 heteroatoms. The van der Waals surface area contributed by atoms with Gasteiger partial charge in [-0.25, -0.2) is 4.39 Å². The van der Waals surface area contributed by atoms with Crippen molar-refractivity contribution in [3.05, 3.63) is 35.6 Å². The molecule has 116 valence electrons. The number of amides is 1. The highest BCUT2D eigenvalue weighted by molar-refractivity contribution is 5.77. The zero-order chi connectivity index (χ0) is 15.5. The molecule has 0 aromatic heterocycles. The van der Waals surface area contributed by atoms with Crippen LogP contribution in [0.1, 0.15) is 51.5 Å². The Balaban J connectivity index is 1.89. The van der Waals surface area contributed by atoms with Crippen LogP contribution in [0.3, 0.4) is 0 Å². The maximum atomic E-state index is 13.0. The zero-order valence-corrected chi connectivity index (χ0v) is 12.8. The molecule has 0 radical (unpaired) electrons. The lowest BCUT2D eigenvalue weighted by Gasteiger charge is -2.27. The quantitative estimate of drug-likeness (QED) is 0.877. The van der Waals surface area contributed by atoms with Gasteiger partial charge in [-0.1, -0.05) is 38.8 Å². The summed E-state index contributed by atoms with van der Waals surface area (Å²) in [5, 5.41) is 13.1. The second-order valence-electron chi connectivity index (χ2n) is 6.78. The highest BCUT2D eigenvalue weighted by Crippen LogP contribution is 2.32. The van der Waals surface area contributed by atoms with Gasteiger partial charge in [-0.3, -0.25) is 4.79 Å². The molecular formula is C17H24FNO2. The molecule has 0 heterocycles. The first-order chi connectivity index (χ1) is 9.81. The smallest absolute Gasteiger partial charge is 0.222 e. The highest BCUT2D eigenvalue weighted by Gasteiger charge is 2.33. The predicted octanol–water partition coefficient (Wildman–Crippen LogP) is 2.91. The van der Waals surface area contributed by atoms with Crippen molar-refractivity contribution in [2.75, 3.05) is 6.54 Å². The van der Waals surface area contributed by atoms with Crippen LogP contribution >= 0.6 is 0 Å². The molecule has 1 saturated carbocycles. The topological polar surface area (TPSA) is 49.3 Å². The Labute approximate surface area is 125 Å². The van der Waals surface area contributed by atoms with Gasteiger partial charge in [-0.05, 0) is 30.5 Å². The van der Waals surface area contributed by atoms with Crippen molar-refractivity contribution in [2.24, 2.45) is 0 Å². The third-order valence-corrected chi connectivity index (χ3v) is 4.38. The number of aliphatic hydroxyl groups is 1. The molecule has 0 saturated heterocycles. The minimum atomic E-state index is -0.815. The first kappa shape index (κ1) is 16.0. The van der Waals surface area contributed by atoms with Crippen LogP contribution < -0.4 is 5.32 Å². The fraction of sp³-hybridized carbons (Fsp3) is 0.588. The van der Waals surface area contributed by atoms with E-state index in [1.165, 1.54) is 12.1 Å². The van der Waals surface area contributed by atoms with Crippen molar-refractivity contribution >= 4 is 5.91 Å². The van der Waals surface area contributed by atoms with Gasteiger partial charge in [0, 0.05) is 12.0 Å². The van der Waals surface area contributed by atoms with Crippen LogP contribution in [0, 0.1) is 5.82 Å². The van der Waals surface area contributed by atoms with Gasteiger partial charge in [0.1, 0.15) is 5.82 Å². The minimum Gasteiger partial charge on any atom is -0.389 e. The van der Waals surface area contributed by atoms with Gasteiger partial charge in [0.2, 0.25) is 5.91 Å². The molecule has 1 aliphatic carbocycles. The molecule has 0 bridgehead atoms. The van der Waals surface area contributed by atoms with E-state index in [9.17, 15) is 14.3 Å². The minimum absolute atomic E-state index is 0.116. The van der Waals surface area contributed by atoms with Crippen molar-refractivity contribution in [3.63, 3.8) is 0 Å². The van der Waals surface area contributed by atoms with Gasteiger partial charge in [-0.2, -0.15) is 0 Å². The lowest BCUT2D eigenvalue weighted by Crippen LogP contribution is -2.40. The molecule has 1 aromatic rings. The predicted molar refractivity (Wildman–Crippen MR) is 80.5 cm³/mol. The van der Waals surface area contributed by atoms with E-state index in [4.69, 9.17) is 0 Å². The number of halogens is 1. The lowest BCUT2D eigenvalue weighted by molar-refractivity contribution is -0.126. The summed E-state index contributed by atoms with van der Waals surface area (Å²) in [4.78, 5) is 12.0. The monoisotopic (exact) mass is 293 g/mol. The summed E-state index contributed by atoms with van der Waals surface area (Å²) in [5.74, 6) is -0.378. The van der Waals surface area contributed by atoms with E-state index >= 15 is 0 Å². The van der Waals surface area contributed by atoms with Gasteiger partial charge in [-0.15, -0.1) is 0 Å². The van der Waals surface area contributed by atoms with Crippen molar-refractivity contribution in [3.8, 4) is 0 Å². The summed E-state index contributed by atoms with van der Waals surface area (Å²) in [7, 11) is 0. The van der Waals surface area contributed by atoms with Crippen LogP contribution in [0.15, 0.2) is 24.3 Å². The maximum absolute atomic E-state index is 13.0. The van der Waals surface area contributed by atoms with Gasteiger partial charge >= 0.3 is 0 Å². The van der Waals surface area contributed by atoms with Gasteiger partial charge in [0.05, 0.1) is 12.0 Å². The summed E-state index contributed by atoms with van der Waals surface area (Å²) in [6.45, 7) is 4.48. The van der Waals surface area contributed by atoms with Crippen LogP contribution in [0.2, 0.25) is 0 Å². The second kappa shape index (κ2) is 6.14. The van der Waals surface area contributed by atoms with E-state index in [0.717, 1.165) is 18.4 Å². The Bertz CT molecular complexity index is 490. The first-order valence-electron chi connectivity index (χ1n) is 7.56. The Kier molecular flexibility index (Phi) is 4.67. The Morgan fingerprint density at radius 2 is 1.86 bits per heavy atom. The van der Waals surface area contributed by atoms with Gasteiger partial charge < -0.3 is 10.4 Å². The molecule has 1 fully saturated rings. The van der Waals surface area contributed by atoms with Crippen molar-refractivity contribution in [1.29, 1.82) is 0 Å². The van der Waals surface area contributed by atoms with E-state index in [1.54, 1.807) is 12.1 Å². The molecule has 21 heavy (non-hydrogen) atoms. The first-order valence-corrected chi connectivity index (χ1v) is 7.56. The summed E-state index contributed by atoms with van der Waals surface area (Å²) < 4.78 is 13.0. The third kappa shape index (κ3) is 4.27. The third-order valence-electron chi connectivity index (χ3n) is 4.38. The largest absolute Gasteiger partial charge is 0.389 e. The molecular weight excluding hydrogens is 269 g/mol. The fourth-order valence-corrected chi connectivity index (χ4v) is 2.89.